The standard InChI is InChI=1S/C19H22BrNO4/c1-13-7-8-15(11-16(13)20)18(23)17(22)9-10-21-19(24)25-12-14-5-3-2-4-6-14/h2-8,11,17-18,22-23H,9-10,12H2,1H3,(H,21,24). The number of alkyl carbamates (subject to hydrolysis) is 1. The van der Waals surface area contributed by atoms with Crippen LogP contribution in [0.3, 0.4) is 0 Å². The van der Waals surface area contributed by atoms with Gasteiger partial charge in [-0.3, -0.25) is 0 Å². The normalized spacial score (nSPS) is 13.1. The molecule has 0 saturated heterocycles. The van der Waals surface area contributed by atoms with Gasteiger partial charge in [-0.05, 0) is 36.1 Å². The van der Waals surface area contributed by atoms with Gasteiger partial charge in [-0.25, -0.2) is 4.79 Å². The van der Waals surface area contributed by atoms with Crippen LogP contribution in [0.25, 0.3) is 0 Å². The second-order valence-electron chi connectivity index (χ2n) is 5.80. The first-order valence-corrected chi connectivity index (χ1v) is 8.83. The number of carbonyl (C=O) groups is 1. The summed E-state index contributed by atoms with van der Waals surface area (Å²) in [4.78, 5) is 11.6. The van der Waals surface area contributed by atoms with Gasteiger partial charge in [-0.2, -0.15) is 0 Å². The summed E-state index contributed by atoms with van der Waals surface area (Å²) < 4.78 is 5.96. The Morgan fingerprint density at radius 1 is 1.20 bits per heavy atom. The summed E-state index contributed by atoms with van der Waals surface area (Å²) in [6.45, 7) is 2.34. The highest BCUT2D eigenvalue weighted by Gasteiger charge is 2.19. The van der Waals surface area contributed by atoms with Gasteiger partial charge in [0.2, 0.25) is 0 Å². The predicted octanol–water partition coefficient (Wildman–Crippen LogP) is 3.47. The predicted molar refractivity (Wildman–Crippen MR) is 99.1 cm³/mol. The van der Waals surface area contributed by atoms with Gasteiger partial charge in [0.25, 0.3) is 0 Å². The summed E-state index contributed by atoms with van der Waals surface area (Å²) in [5, 5.41) is 22.9. The number of benzene rings is 2. The second kappa shape index (κ2) is 9.56. The number of amides is 1. The molecule has 2 rings (SSSR count). The molecule has 2 aromatic rings. The van der Waals surface area contributed by atoms with Crippen LogP contribution in [-0.4, -0.2) is 29.0 Å². The summed E-state index contributed by atoms with van der Waals surface area (Å²) in [5.74, 6) is 0. The van der Waals surface area contributed by atoms with E-state index in [1.807, 2.05) is 43.3 Å². The highest BCUT2D eigenvalue weighted by Crippen LogP contribution is 2.24. The number of aliphatic hydroxyl groups excluding tert-OH is 2. The minimum Gasteiger partial charge on any atom is -0.445 e. The number of hydrogen-bond acceptors (Lipinski definition) is 4. The van der Waals surface area contributed by atoms with E-state index in [0.29, 0.717) is 5.56 Å². The maximum absolute atomic E-state index is 11.6. The summed E-state index contributed by atoms with van der Waals surface area (Å²) in [5.41, 5.74) is 2.57. The Balaban J connectivity index is 1.72. The second-order valence-corrected chi connectivity index (χ2v) is 6.65. The van der Waals surface area contributed by atoms with E-state index in [2.05, 4.69) is 21.2 Å². The zero-order valence-electron chi connectivity index (χ0n) is 14.0. The van der Waals surface area contributed by atoms with Crippen LogP contribution in [0.4, 0.5) is 4.79 Å². The number of carbonyl (C=O) groups excluding carboxylic acids is 1. The van der Waals surface area contributed by atoms with Gasteiger partial charge in [0.1, 0.15) is 12.7 Å². The van der Waals surface area contributed by atoms with Crippen LogP contribution < -0.4 is 5.32 Å². The molecule has 1 amide bonds. The number of rotatable bonds is 7. The molecule has 0 aliphatic carbocycles. The fourth-order valence-electron chi connectivity index (χ4n) is 2.27. The van der Waals surface area contributed by atoms with Crippen molar-refractivity contribution >= 4 is 22.0 Å². The smallest absolute Gasteiger partial charge is 0.407 e. The van der Waals surface area contributed by atoms with E-state index in [1.165, 1.54) is 0 Å². The van der Waals surface area contributed by atoms with Crippen molar-refractivity contribution in [3.8, 4) is 0 Å². The number of aliphatic hydroxyl groups is 2. The highest BCUT2D eigenvalue weighted by molar-refractivity contribution is 9.10. The summed E-state index contributed by atoms with van der Waals surface area (Å²) in [7, 11) is 0. The largest absolute Gasteiger partial charge is 0.445 e. The first-order valence-electron chi connectivity index (χ1n) is 8.04. The Labute approximate surface area is 155 Å². The van der Waals surface area contributed by atoms with Crippen LogP contribution in [0, 0.1) is 6.92 Å². The number of nitrogens with one attached hydrogen (secondary N) is 1. The van der Waals surface area contributed by atoms with Gasteiger partial charge < -0.3 is 20.3 Å². The van der Waals surface area contributed by atoms with Crippen LogP contribution in [0.2, 0.25) is 0 Å². The number of halogens is 1. The third kappa shape index (κ3) is 6.16. The number of hydrogen-bond donors (Lipinski definition) is 3. The first-order chi connectivity index (χ1) is 12.0. The lowest BCUT2D eigenvalue weighted by molar-refractivity contribution is 0.0136. The molecule has 0 bridgehead atoms. The summed E-state index contributed by atoms with van der Waals surface area (Å²) >= 11 is 3.41. The monoisotopic (exact) mass is 407 g/mol. The molecule has 25 heavy (non-hydrogen) atoms. The van der Waals surface area contributed by atoms with Gasteiger partial charge in [0.05, 0.1) is 6.10 Å². The van der Waals surface area contributed by atoms with Crippen molar-refractivity contribution in [3.05, 3.63) is 69.7 Å². The van der Waals surface area contributed by atoms with Crippen LogP contribution in [0.1, 0.15) is 29.2 Å². The molecule has 2 unspecified atom stereocenters. The molecule has 6 heteroatoms. The molecule has 0 heterocycles. The van der Waals surface area contributed by atoms with Crippen LogP contribution in [0.15, 0.2) is 53.0 Å². The molecular formula is C19H22BrNO4. The summed E-state index contributed by atoms with van der Waals surface area (Å²) in [6, 6.07) is 14.8. The van der Waals surface area contributed by atoms with Crippen molar-refractivity contribution in [2.45, 2.75) is 32.2 Å². The maximum Gasteiger partial charge on any atom is 0.407 e. The molecule has 0 spiro atoms. The molecule has 0 aromatic heterocycles. The zero-order chi connectivity index (χ0) is 18.2. The number of aryl methyl sites for hydroxylation is 1. The highest BCUT2D eigenvalue weighted by atomic mass is 79.9. The quantitative estimate of drug-likeness (QED) is 0.656. The molecule has 0 saturated carbocycles. The summed E-state index contributed by atoms with van der Waals surface area (Å²) in [6.07, 6.45) is -2.33. The number of ether oxygens (including phenoxy) is 1. The fourth-order valence-corrected chi connectivity index (χ4v) is 2.67. The third-order valence-electron chi connectivity index (χ3n) is 3.82. The minimum absolute atomic E-state index is 0.190. The third-order valence-corrected chi connectivity index (χ3v) is 4.68. The maximum atomic E-state index is 11.6. The zero-order valence-corrected chi connectivity index (χ0v) is 15.6. The van der Waals surface area contributed by atoms with Gasteiger partial charge in [0.15, 0.2) is 0 Å². The van der Waals surface area contributed by atoms with E-state index in [0.717, 1.165) is 15.6 Å². The lowest BCUT2D eigenvalue weighted by Gasteiger charge is -2.19. The Kier molecular flexibility index (Phi) is 7.43. The van der Waals surface area contributed by atoms with Gasteiger partial charge in [-0.1, -0.05) is 58.4 Å². The lowest BCUT2D eigenvalue weighted by Crippen LogP contribution is -2.29. The average Bonchev–Trinajstić information content (AvgIpc) is 2.62. The molecule has 3 N–H and O–H groups in total. The van der Waals surface area contributed by atoms with E-state index >= 15 is 0 Å². The van der Waals surface area contributed by atoms with Gasteiger partial charge in [0, 0.05) is 11.0 Å². The van der Waals surface area contributed by atoms with Crippen LogP contribution in [-0.2, 0) is 11.3 Å². The van der Waals surface area contributed by atoms with E-state index < -0.39 is 18.3 Å². The SMILES string of the molecule is Cc1ccc(C(O)C(O)CCNC(=O)OCc2ccccc2)cc1Br. The van der Waals surface area contributed by atoms with Crippen molar-refractivity contribution in [3.63, 3.8) is 0 Å². The van der Waals surface area contributed by atoms with Crippen LogP contribution >= 0.6 is 15.9 Å². The average molecular weight is 408 g/mol. The minimum atomic E-state index is -1.01. The molecule has 0 aliphatic rings. The van der Waals surface area contributed by atoms with Gasteiger partial charge in [-0.15, -0.1) is 0 Å². The molecule has 134 valence electrons. The van der Waals surface area contributed by atoms with Crippen molar-refractivity contribution < 1.29 is 19.7 Å². The van der Waals surface area contributed by atoms with E-state index in [-0.39, 0.29) is 19.6 Å². The first kappa shape index (κ1) is 19.4. The lowest BCUT2D eigenvalue weighted by atomic mass is 10.0. The molecule has 0 radical (unpaired) electrons. The topological polar surface area (TPSA) is 78.8 Å². The molecule has 0 fully saturated rings. The molecular weight excluding hydrogens is 386 g/mol. The molecule has 2 atom stereocenters. The van der Waals surface area contributed by atoms with E-state index in [4.69, 9.17) is 4.74 Å². The Bertz CT molecular complexity index is 693. The Morgan fingerprint density at radius 2 is 1.92 bits per heavy atom. The van der Waals surface area contributed by atoms with Gasteiger partial charge >= 0.3 is 6.09 Å². The van der Waals surface area contributed by atoms with Crippen molar-refractivity contribution in [2.24, 2.45) is 0 Å². The Morgan fingerprint density at radius 3 is 2.60 bits per heavy atom. The molecule has 0 aliphatic heterocycles. The van der Waals surface area contributed by atoms with E-state index in [1.54, 1.807) is 12.1 Å². The Hall–Kier alpha value is -1.89. The molecule has 2 aromatic carbocycles. The van der Waals surface area contributed by atoms with Crippen molar-refractivity contribution in [2.75, 3.05) is 6.54 Å². The molecule has 5 nitrogen and oxygen atoms in total. The van der Waals surface area contributed by atoms with Crippen molar-refractivity contribution in [1.29, 1.82) is 0 Å². The fraction of sp³-hybridized carbons (Fsp3) is 0.316. The van der Waals surface area contributed by atoms with Crippen LogP contribution in [0.5, 0.6) is 0 Å². The van der Waals surface area contributed by atoms with E-state index in [9.17, 15) is 15.0 Å². The van der Waals surface area contributed by atoms with Crippen molar-refractivity contribution in [1.82, 2.24) is 5.32 Å².